The van der Waals surface area contributed by atoms with E-state index in [9.17, 15) is 9.59 Å². The van der Waals surface area contributed by atoms with Gasteiger partial charge in [-0.15, -0.1) is 0 Å². The van der Waals surface area contributed by atoms with Gasteiger partial charge in [0.15, 0.2) is 0 Å². The van der Waals surface area contributed by atoms with Crippen LogP contribution in [0.2, 0.25) is 0 Å². The first kappa shape index (κ1) is 15.3. The first-order chi connectivity index (χ1) is 9.95. The van der Waals surface area contributed by atoms with Gasteiger partial charge in [0.25, 0.3) is 0 Å². The van der Waals surface area contributed by atoms with Crippen molar-refractivity contribution in [2.24, 2.45) is 7.05 Å². The quantitative estimate of drug-likeness (QED) is 0.837. The molecule has 0 radical (unpaired) electrons. The number of carbonyl (C=O) groups excluding carboxylic acids is 2. The molecule has 0 aliphatic carbocycles. The van der Waals surface area contributed by atoms with E-state index in [0.717, 1.165) is 17.0 Å². The summed E-state index contributed by atoms with van der Waals surface area (Å²) in [5, 5.41) is 7.11. The second-order valence-corrected chi connectivity index (χ2v) is 5.29. The number of piperazine rings is 1. The Balaban J connectivity index is 2.16. The van der Waals surface area contributed by atoms with Gasteiger partial charge in [-0.25, -0.2) is 0 Å². The van der Waals surface area contributed by atoms with Crippen molar-refractivity contribution in [2.45, 2.75) is 33.2 Å². The molecule has 114 valence electrons. The molecule has 1 N–H and O–H groups in total. The summed E-state index contributed by atoms with van der Waals surface area (Å²) in [6.45, 7) is 6.86. The van der Waals surface area contributed by atoms with Crippen LogP contribution in [0.1, 0.15) is 30.3 Å². The van der Waals surface area contributed by atoms with Crippen LogP contribution in [0.4, 0.5) is 0 Å². The van der Waals surface area contributed by atoms with Gasteiger partial charge in [0, 0.05) is 37.5 Å². The highest BCUT2D eigenvalue weighted by Gasteiger charge is 2.30. The fourth-order valence-electron chi connectivity index (χ4n) is 2.67. The molecule has 1 aromatic heterocycles. The van der Waals surface area contributed by atoms with Crippen LogP contribution in [0.5, 0.6) is 0 Å². The van der Waals surface area contributed by atoms with Crippen molar-refractivity contribution < 1.29 is 9.59 Å². The first-order valence-electron chi connectivity index (χ1n) is 7.22. The minimum Gasteiger partial charge on any atom is -0.353 e. The number of hydrogen-bond acceptors (Lipinski definition) is 3. The van der Waals surface area contributed by atoms with Gasteiger partial charge in [-0.1, -0.05) is 6.92 Å². The smallest absolute Gasteiger partial charge is 0.247 e. The Morgan fingerprint density at radius 3 is 2.76 bits per heavy atom. The number of aromatic nitrogens is 2. The van der Waals surface area contributed by atoms with E-state index in [4.69, 9.17) is 0 Å². The molecule has 2 heterocycles. The highest BCUT2D eigenvalue weighted by molar-refractivity contribution is 5.96. The maximum absolute atomic E-state index is 12.3. The van der Waals surface area contributed by atoms with Gasteiger partial charge in [-0.2, -0.15) is 5.10 Å². The van der Waals surface area contributed by atoms with Gasteiger partial charge in [-0.3, -0.25) is 14.3 Å². The van der Waals surface area contributed by atoms with Gasteiger partial charge >= 0.3 is 0 Å². The Morgan fingerprint density at radius 2 is 2.19 bits per heavy atom. The van der Waals surface area contributed by atoms with Gasteiger partial charge in [0.05, 0.1) is 5.69 Å². The van der Waals surface area contributed by atoms with Crippen LogP contribution in [0, 0.1) is 13.8 Å². The van der Waals surface area contributed by atoms with Crippen molar-refractivity contribution in [3.05, 3.63) is 23.0 Å². The number of hydrogen-bond donors (Lipinski definition) is 1. The summed E-state index contributed by atoms with van der Waals surface area (Å²) in [5.41, 5.74) is 2.86. The Morgan fingerprint density at radius 1 is 1.48 bits per heavy atom. The molecule has 2 amide bonds. The molecular weight excluding hydrogens is 268 g/mol. The largest absolute Gasteiger partial charge is 0.353 e. The Labute approximate surface area is 124 Å². The van der Waals surface area contributed by atoms with E-state index in [1.807, 2.05) is 27.8 Å². The third-order valence-corrected chi connectivity index (χ3v) is 3.96. The zero-order valence-electron chi connectivity index (χ0n) is 13.0. The molecule has 1 aromatic rings. The normalized spacial score (nSPS) is 19.1. The summed E-state index contributed by atoms with van der Waals surface area (Å²) >= 11 is 0. The molecule has 1 fully saturated rings. The number of carbonyl (C=O) groups is 2. The second kappa shape index (κ2) is 6.11. The summed E-state index contributed by atoms with van der Waals surface area (Å²) in [7, 11) is 1.88. The lowest BCUT2D eigenvalue weighted by Gasteiger charge is -2.33. The SMILES string of the molecule is CCC1C(=O)NCCN1C(=O)C=Cc1c(C)nn(C)c1C. The van der Waals surface area contributed by atoms with Crippen molar-refractivity contribution in [2.75, 3.05) is 13.1 Å². The Bertz CT molecular complexity index is 589. The lowest BCUT2D eigenvalue weighted by molar-refractivity contribution is -0.140. The van der Waals surface area contributed by atoms with E-state index in [-0.39, 0.29) is 17.9 Å². The van der Waals surface area contributed by atoms with E-state index >= 15 is 0 Å². The lowest BCUT2D eigenvalue weighted by atomic mass is 10.1. The number of amides is 2. The maximum atomic E-state index is 12.3. The number of nitrogens with zero attached hydrogens (tertiary/aromatic N) is 3. The predicted molar refractivity (Wildman–Crippen MR) is 80.5 cm³/mol. The van der Waals surface area contributed by atoms with E-state index in [1.54, 1.807) is 15.7 Å². The lowest BCUT2D eigenvalue weighted by Crippen LogP contribution is -2.56. The number of rotatable bonds is 3. The molecule has 0 aromatic carbocycles. The molecule has 1 unspecified atom stereocenters. The molecule has 21 heavy (non-hydrogen) atoms. The third-order valence-electron chi connectivity index (χ3n) is 3.96. The van der Waals surface area contributed by atoms with Crippen molar-refractivity contribution >= 4 is 17.9 Å². The van der Waals surface area contributed by atoms with Gasteiger partial charge in [0.2, 0.25) is 11.8 Å². The summed E-state index contributed by atoms with van der Waals surface area (Å²) in [4.78, 5) is 25.8. The molecule has 0 bridgehead atoms. The summed E-state index contributed by atoms with van der Waals surface area (Å²) < 4.78 is 1.79. The molecule has 0 spiro atoms. The van der Waals surface area contributed by atoms with Crippen LogP contribution in [0.15, 0.2) is 6.08 Å². The summed E-state index contributed by atoms with van der Waals surface area (Å²) in [5.74, 6) is -0.196. The zero-order chi connectivity index (χ0) is 15.6. The van der Waals surface area contributed by atoms with Crippen molar-refractivity contribution in [1.29, 1.82) is 0 Å². The van der Waals surface area contributed by atoms with Crippen LogP contribution in [0.3, 0.4) is 0 Å². The average Bonchev–Trinajstić information content (AvgIpc) is 2.69. The van der Waals surface area contributed by atoms with E-state index < -0.39 is 0 Å². The van der Waals surface area contributed by atoms with Crippen LogP contribution in [-0.2, 0) is 16.6 Å². The second-order valence-electron chi connectivity index (χ2n) is 5.29. The molecular formula is C15H22N4O2. The van der Waals surface area contributed by atoms with E-state index in [1.165, 1.54) is 6.08 Å². The standard InChI is InChI=1S/C15H22N4O2/c1-5-13-15(21)16-8-9-19(13)14(20)7-6-12-10(2)17-18(4)11(12)3/h6-7,13H,5,8-9H2,1-4H3,(H,16,21). The minimum absolute atomic E-state index is 0.0701. The molecule has 1 saturated heterocycles. The van der Waals surface area contributed by atoms with E-state index in [0.29, 0.717) is 19.5 Å². The number of nitrogens with one attached hydrogen (secondary N) is 1. The van der Waals surface area contributed by atoms with Crippen LogP contribution in [0.25, 0.3) is 6.08 Å². The third kappa shape index (κ3) is 2.99. The van der Waals surface area contributed by atoms with Gasteiger partial charge in [-0.05, 0) is 26.3 Å². The van der Waals surface area contributed by atoms with Crippen molar-refractivity contribution in [3.8, 4) is 0 Å². The molecule has 6 nitrogen and oxygen atoms in total. The van der Waals surface area contributed by atoms with Crippen LogP contribution < -0.4 is 5.32 Å². The summed E-state index contributed by atoms with van der Waals surface area (Å²) in [6, 6.07) is -0.369. The van der Waals surface area contributed by atoms with Crippen LogP contribution in [-0.4, -0.2) is 45.6 Å². The molecule has 1 atom stereocenters. The van der Waals surface area contributed by atoms with Gasteiger partial charge in [0.1, 0.15) is 6.04 Å². The summed E-state index contributed by atoms with van der Waals surface area (Å²) in [6.07, 6.45) is 3.95. The first-order valence-corrected chi connectivity index (χ1v) is 7.22. The highest BCUT2D eigenvalue weighted by atomic mass is 16.2. The monoisotopic (exact) mass is 290 g/mol. The van der Waals surface area contributed by atoms with E-state index in [2.05, 4.69) is 10.4 Å². The van der Waals surface area contributed by atoms with Gasteiger partial charge < -0.3 is 10.2 Å². The maximum Gasteiger partial charge on any atom is 0.247 e. The zero-order valence-corrected chi connectivity index (χ0v) is 13.0. The average molecular weight is 290 g/mol. The fourth-order valence-corrected chi connectivity index (χ4v) is 2.67. The molecule has 6 heteroatoms. The van der Waals surface area contributed by atoms with Crippen LogP contribution >= 0.6 is 0 Å². The van der Waals surface area contributed by atoms with Crippen molar-refractivity contribution in [3.63, 3.8) is 0 Å². The topological polar surface area (TPSA) is 67.2 Å². The molecule has 1 aliphatic rings. The van der Waals surface area contributed by atoms with Crippen molar-refractivity contribution in [1.82, 2.24) is 20.0 Å². The fraction of sp³-hybridized carbons (Fsp3) is 0.533. The highest BCUT2D eigenvalue weighted by Crippen LogP contribution is 2.15. The molecule has 2 rings (SSSR count). The Kier molecular flexibility index (Phi) is 4.45. The number of aryl methyl sites for hydroxylation is 2. The minimum atomic E-state index is -0.369. The molecule has 1 aliphatic heterocycles. The Hall–Kier alpha value is -2.11. The molecule has 0 saturated carbocycles. The predicted octanol–water partition coefficient (Wildman–Crippen LogP) is 0.787.